The van der Waals surface area contributed by atoms with E-state index in [0.717, 1.165) is 6.54 Å². The minimum absolute atomic E-state index is 0.0333. The first kappa shape index (κ1) is 15.9. The molecule has 0 bridgehead atoms. The second-order valence-corrected chi connectivity index (χ2v) is 5.79. The van der Waals surface area contributed by atoms with Crippen molar-refractivity contribution in [3.05, 3.63) is 35.4 Å². The smallest absolute Gasteiger partial charge is 0.218 e. The molecule has 0 aliphatic carbocycles. The molecule has 0 saturated carbocycles. The van der Waals surface area contributed by atoms with Gasteiger partial charge in [0.15, 0.2) is 0 Å². The van der Waals surface area contributed by atoms with Crippen molar-refractivity contribution in [2.45, 2.75) is 25.4 Å². The summed E-state index contributed by atoms with van der Waals surface area (Å²) in [5.74, 6) is -0.296. The molecular formula is C16H24N2O3. The number of aliphatic hydroxyl groups excluding tert-OH is 1. The van der Waals surface area contributed by atoms with Crippen LogP contribution in [0.3, 0.4) is 0 Å². The summed E-state index contributed by atoms with van der Waals surface area (Å²) in [5, 5.41) is 9.85. The third-order valence-electron chi connectivity index (χ3n) is 4.06. The summed E-state index contributed by atoms with van der Waals surface area (Å²) in [6.45, 7) is 4.59. The molecular weight excluding hydrogens is 268 g/mol. The van der Waals surface area contributed by atoms with E-state index in [1.54, 1.807) is 0 Å². The molecule has 21 heavy (non-hydrogen) atoms. The average Bonchev–Trinajstić information content (AvgIpc) is 2.48. The zero-order valence-electron chi connectivity index (χ0n) is 12.5. The van der Waals surface area contributed by atoms with E-state index in [4.69, 9.17) is 10.5 Å². The van der Waals surface area contributed by atoms with Crippen molar-refractivity contribution in [1.29, 1.82) is 0 Å². The lowest BCUT2D eigenvalue weighted by Crippen LogP contribution is -2.55. The standard InChI is InChI=1S/C16H24N2O3/c1-13-4-2-3-5-14(13)10-16(12-19)11-18(8-9-21-16)7-6-15(17)20/h2-5,19H,6-12H2,1H3,(H2,17,20)/t16-/m0/s1. The molecule has 2 rings (SSSR count). The van der Waals surface area contributed by atoms with E-state index in [2.05, 4.69) is 24.0 Å². The predicted octanol–water partition coefficient (Wildman–Crippen LogP) is 0.476. The van der Waals surface area contributed by atoms with E-state index in [9.17, 15) is 9.90 Å². The third kappa shape index (κ3) is 4.27. The first-order valence-electron chi connectivity index (χ1n) is 7.35. The Bertz CT molecular complexity index is 492. The van der Waals surface area contributed by atoms with Crippen LogP contribution < -0.4 is 5.73 Å². The fourth-order valence-corrected chi connectivity index (χ4v) is 2.80. The van der Waals surface area contributed by atoms with Gasteiger partial charge in [0.05, 0.1) is 13.2 Å². The molecule has 3 N–H and O–H groups in total. The summed E-state index contributed by atoms with van der Waals surface area (Å²) in [6.07, 6.45) is 1.01. The summed E-state index contributed by atoms with van der Waals surface area (Å²) in [5.41, 5.74) is 6.99. The highest BCUT2D eigenvalue weighted by Crippen LogP contribution is 2.24. The van der Waals surface area contributed by atoms with Crippen molar-refractivity contribution < 1.29 is 14.6 Å². The average molecular weight is 292 g/mol. The lowest BCUT2D eigenvalue weighted by atomic mass is 9.91. The number of amides is 1. The molecule has 1 aromatic carbocycles. The lowest BCUT2D eigenvalue weighted by molar-refractivity contribution is -0.134. The van der Waals surface area contributed by atoms with Gasteiger partial charge in [-0.25, -0.2) is 0 Å². The van der Waals surface area contributed by atoms with Gasteiger partial charge >= 0.3 is 0 Å². The van der Waals surface area contributed by atoms with E-state index in [0.29, 0.717) is 32.5 Å². The fraction of sp³-hybridized carbons (Fsp3) is 0.562. The van der Waals surface area contributed by atoms with Gasteiger partial charge in [-0.2, -0.15) is 0 Å². The molecule has 5 heteroatoms. The fourth-order valence-electron chi connectivity index (χ4n) is 2.80. The van der Waals surface area contributed by atoms with Crippen molar-refractivity contribution in [3.8, 4) is 0 Å². The number of benzene rings is 1. The number of hydrogen-bond acceptors (Lipinski definition) is 4. The molecule has 1 fully saturated rings. The van der Waals surface area contributed by atoms with Gasteiger partial charge in [-0.3, -0.25) is 9.69 Å². The molecule has 0 unspecified atom stereocenters. The Balaban J connectivity index is 2.06. The quantitative estimate of drug-likeness (QED) is 0.799. The molecule has 0 radical (unpaired) electrons. The van der Waals surface area contributed by atoms with Crippen LogP contribution in [0.1, 0.15) is 17.5 Å². The van der Waals surface area contributed by atoms with Crippen LogP contribution in [-0.4, -0.2) is 54.4 Å². The SMILES string of the molecule is Cc1ccccc1C[C@@]1(CO)CN(CCC(N)=O)CCO1. The summed E-state index contributed by atoms with van der Waals surface area (Å²) >= 11 is 0. The highest BCUT2D eigenvalue weighted by atomic mass is 16.5. The minimum atomic E-state index is -0.595. The van der Waals surface area contributed by atoms with E-state index >= 15 is 0 Å². The number of rotatable bonds is 6. The van der Waals surface area contributed by atoms with Gasteiger partial charge in [0, 0.05) is 32.5 Å². The van der Waals surface area contributed by atoms with Crippen molar-refractivity contribution in [2.75, 3.05) is 32.8 Å². The van der Waals surface area contributed by atoms with Crippen molar-refractivity contribution >= 4 is 5.91 Å². The summed E-state index contributed by atoms with van der Waals surface area (Å²) in [6, 6.07) is 8.14. The maximum absolute atomic E-state index is 10.9. The lowest BCUT2D eigenvalue weighted by Gasteiger charge is -2.42. The monoisotopic (exact) mass is 292 g/mol. The number of aryl methyl sites for hydroxylation is 1. The molecule has 1 aromatic rings. The number of nitrogens with zero attached hydrogens (tertiary/aromatic N) is 1. The summed E-state index contributed by atoms with van der Waals surface area (Å²) < 4.78 is 5.90. The summed E-state index contributed by atoms with van der Waals surface area (Å²) in [4.78, 5) is 13.1. The van der Waals surface area contributed by atoms with E-state index in [-0.39, 0.29) is 12.5 Å². The van der Waals surface area contributed by atoms with E-state index in [1.807, 2.05) is 12.1 Å². The molecule has 1 atom stereocenters. The van der Waals surface area contributed by atoms with Crippen LogP contribution in [0.4, 0.5) is 0 Å². The Hall–Kier alpha value is -1.43. The number of hydrogen-bond donors (Lipinski definition) is 2. The molecule has 0 aromatic heterocycles. The Kier molecular flexibility index (Phi) is 5.33. The van der Waals surface area contributed by atoms with Crippen LogP contribution in [0.5, 0.6) is 0 Å². The van der Waals surface area contributed by atoms with Crippen LogP contribution in [0.25, 0.3) is 0 Å². The summed E-state index contributed by atoms with van der Waals surface area (Å²) in [7, 11) is 0. The number of morpholine rings is 1. The third-order valence-corrected chi connectivity index (χ3v) is 4.06. The molecule has 1 amide bonds. The minimum Gasteiger partial charge on any atom is -0.393 e. The Morgan fingerprint density at radius 2 is 2.24 bits per heavy atom. The zero-order chi connectivity index (χ0) is 15.3. The van der Waals surface area contributed by atoms with E-state index in [1.165, 1.54) is 11.1 Å². The molecule has 1 saturated heterocycles. The Labute approximate surface area is 125 Å². The van der Waals surface area contributed by atoms with Gasteiger partial charge in [0.2, 0.25) is 5.91 Å². The maximum atomic E-state index is 10.9. The zero-order valence-corrected chi connectivity index (χ0v) is 12.5. The molecule has 1 aliphatic rings. The molecule has 116 valence electrons. The number of nitrogens with two attached hydrogens (primary N) is 1. The largest absolute Gasteiger partial charge is 0.393 e. The first-order chi connectivity index (χ1) is 10.0. The van der Waals surface area contributed by atoms with Gasteiger partial charge in [0.25, 0.3) is 0 Å². The second kappa shape index (κ2) is 7.02. The van der Waals surface area contributed by atoms with Crippen LogP contribution >= 0.6 is 0 Å². The van der Waals surface area contributed by atoms with Crippen LogP contribution in [0.2, 0.25) is 0 Å². The van der Waals surface area contributed by atoms with Crippen molar-refractivity contribution in [2.24, 2.45) is 5.73 Å². The van der Waals surface area contributed by atoms with Crippen LogP contribution in [-0.2, 0) is 16.0 Å². The van der Waals surface area contributed by atoms with Crippen LogP contribution in [0, 0.1) is 6.92 Å². The van der Waals surface area contributed by atoms with Crippen molar-refractivity contribution in [3.63, 3.8) is 0 Å². The van der Waals surface area contributed by atoms with Crippen LogP contribution in [0.15, 0.2) is 24.3 Å². The van der Waals surface area contributed by atoms with Gasteiger partial charge in [-0.1, -0.05) is 24.3 Å². The number of carbonyl (C=O) groups excluding carboxylic acids is 1. The van der Waals surface area contributed by atoms with Gasteiger partial charge in [-0.15, -0.1) is 0 Å². The Morgan fingerprint density at radius 3 is 2.90 bits per heavy atom. The predicted molar refractivity (Wildman–Crippen MR) is 80.9 cm³/mol. The highest BCUT2D eigenvalue weighted by Gasteiger charge is 2.36. The van der Waals surface area contributed by atoms with Gasteiger partial charge in [0.1, 0.15) is 5.60 Å². The highest BCUT2D eigenvalue weighted by molar-refractivity contribution is 5.73. The topological polar surface area (TPSA) is 75.8 Å². The second-order valence-electron chi connectivity index (χ2n) is 5.79. The maximum Gasteiger partial charge on any atom is 0.218 e. The van der Waals surface area contributed by atoms with E-state index < -0.39 is 5.60 Å². The van der Waals surface area contributed by atoms with Gasteiger partial charge in [-0.05, 0) is 18.1 Å². The molecule has 5 nitrogen and oxygen atoms in total. The molecule has 1 aliphatic heterocycles. The normalized spacial score (nSPS) is 23.1. The number of ether oxygens (including phenoxy) is 1. The molecule has 0 spiro atoms. The van der Waals surface area contributed by atoms with Gasteiger partial charge < -0.3 is 15.6 Å². The Morgan fingerprint density at radius 1 is 1.48 bits per heavy atom. The first-order valence-corrected chi connectivity index (χ1v) is 7.35. The van der Waals surface area contributed by atoms with Crippen molar-refractivity contribution in [1.82, 2.24) is 4.90 Å². The number of primary amides is 1. The number of aliphatic hydroxyl groups is 1. The molecule has 1 heterocycles. The number of carbonyl (C=O) groups is 1.